The Morgan fingerprint density at radius 1 is 0.964 bits per heavy atom. The lowest BCUT2D eigenvalue weighted by molar-refractivity contribution is 0.101. The van der Waals surface area contributed by atoms with Crippen LogP contribution in [0.5, 0.6) is 5.75 Å². The minimum absolute atomic E-state index is 0.0203. The van der Waals surface area contributed by atoms with E-state index < -0.39 is 0 Å². The number of halogens is 1. The van der Waals surface area contributed by atoms with Crippen molar-refractivity contribution < 1.29 is 14.3 Å². The van der Waals surface area contributed by atoms with Crippen molar-refractivity contribution in [3.63, 3.8) is 0 Å². The number of carbonyl (C=O) groups is 2. The number of rotatable bonds is 6. The molecular weight excluding hydrogens is 378 g/mol. The van der Waals surface area contributed by atoms with Gasteiger partial charge < -0.3 is 15.4 Å². The lowest BCUT2D eigenvalue weighted by atomic mass is 10.1. The molecule has 3 aromatic rings. The van der Waals surface area contributed by atoms with Crippen LogP contribution < -0.4 is 15.4 Å². The number of Topliss-reactive ketones (excluding diaryl/α,β-unsaturated/α-hetero) is 1. The molecule has 0 aliphatic carbocycles. The summed E-state index contributed by atoms with van der Waals surface area (Å²) in [6, 6.07) is 13.8. The zero-order valence-electron chi connectivity index (χ0n) is 15.3. The monoisotopic (exact) mass is 395 g/mol. The van der Waals surface area contributed by atoms with Gasteiger partial charge in [0.05, 0.1) is 29.6 Å². The molecule has 1 heterocycles. The van der Waals surface area contributed by atoms with Gasteiger partial charge in [0.2, 0.25) is 0 Å². The first-order valence-electron chi connectivity index (χ1n) is 8.44. The molecule has 0 bridgehead atoms. The molecule has 0 aliphatic heterocycles. The lowest BCUT2D eigenvalue weighted by Gasteiger charge is -2.10. The van der Waals surface area contributed by atoms with E-state index in [0.29, 0.717) is 33.3 Å². The molecule has 6 nitrogen and oxygen atoms in total. The van der Waals surface area contributed by atoms with Crippen molar-refractivity contribution in [1.29, 1.82) is 0 Å². The summed E-state index contributed by atoms with van der Waals surface area (Å²) in [4.78, 5) is 28.2. The Bertz CT molecular complexity index is 1040. The molecular formula is C21H18ClN3O3. The Balaban J connectivity index is 1.75. The third-order valence-corrected chi connectivity index (χ3v) is 4.26. The van der Waals surface area contributed by atoms with E-state index in [0.717, 1.165) is 5.69 Å². The SMILES string of the molecule is COc1ccc(NC(=O)c2cncc(Nc3cccc(C(C)=O)c3)c2)cc1Cl. The van der Waals surface area contributed by atoms with E-state index in [1.807, 2.05) is 6.07 Å². The molecule has 0 saturated carbocycles. The van der Waals surface area contributed by atoms with Crippen molar-refractivity contribution in [2.75, 3.05) is 17.7 Å². The minimum Gasteiger partial charge on any atom is -0.495 e. The van der Waals surface area contributed by atoms with Gasteiger partial charge in [0, 0.05) is 23.1 Å². The topological polar surface area (TPSA) is 80.3 Å². The average Bonchev–Trinajstić information content (AvgIpc) is 2.68. The van der Waals surface area contributed by atoms with Gasteiger partial charge in [-0.15, -0.1) is 0 Å². The van der Waals surface area contributed by atoms with Crippen molar-refractivity contribution in [2.24, 2.45) is 0 Å². The van der Waals surface area contributed by atoms with Crippen LogP contribution in [0.1, 0.15) is 27.6 Å². The van der Waals surface area contributed by atoms with Crippen molar-refractivity contribution in [2.45, 2.75) is 6.92 Å². The smallest absolute Gasteiger partial charge is 0.257 e. The van der Waals surface area contributed by atoms with Crippen molar-refractivity contribution in [3.8, 4) is 5.75 Å². The van der Waals surface area contributed by atoms with Gasteiger partial charge in [-0.05, 0) is 43.3 Å². The molecule has 3 rings (SSSR count). The summed E-state index contributed by atoms with van der Waals surface area (Å²) in [5.41, 5.74) is 2.88. The molecule has 0 fully saturated rings. The fraction of sp³-hybridized carbons (Fsp3) is 0.0952. The van der Waals surface area contributed by atoms with E-state index >= 15 is 0 Å². The Labute approximate surface area is 167 Å². The Kier molecular flexibility index (Phi) is 5.91. The van der Waals surface area contributed by atoms with E-state index in [4.69, 9.17) is 16.3 Å². The van der Waals surface area contributed by atoms with Gasteiger partial charge >= 0.3 is 0 Å². The lowest BCUT2D eigenvalue weighted by Crippen LogP contribution is -2.12. The number of pyridine rings is 1. The number of aromatic nitrogens is 1. The third-order valence-electron chi connectivity index (χ3n) is 3.97. The van der Waals surface area contributed by atoms with E-state index in [9.17, 15) is 9.59 Å². The van der Waals surface area contributed by atoms with Gasteiger partial charge in [-0.25, -0.2) is 0 Å². The maximum absolute atomic E-state index is 12.5. The highest BCUT2D eigenvalue weighted by molar-refractivity contribution is 6.32. The zero-order valence-corrected chi connectivity index (χ0v) is 16.1. The highest BCUT2D eigenvalue weighted by Gasteiger charge is 2.10. The van der Waals surface area contributed by atoms with Crippen LogP contribution in [0.3, 0.4) is 0 Å². The van der Waals surface area contributed by atoms with Crippen LogP contribution >= 0.6 is 11.6 Å². The van der Waals surface area contributed by atoms with E-state index in [1.54, 1.807) is 48.7 Å². The summed E-state index contributed by atoms with van der Waals surface area (Å²) in [6.07, 6.45) is 3.07. The highest BCUT2D eigenvalue weighted by Crippen LogP contribution is 2.27. The number of benzene rings is 2. The minimum atomic E-state index is -0.324. The van der Waals surface area contributed by atoms with Gasteiger partial charge in [-0.1, -0.05) is 23.7 Å². The number of anilines is 3. The summed E-state index contributed by atoms with van der Waals surface area (Å²) in [5, 5.41) is 6.33. The highest BCUT2D eigenvalue weighted by atomic mass is 35.5. The molecule has 0 atom stereocenters. The summed E-state index contributed by atoms with van der Waals surface area (Å²) in [7, 11) is 1.52. The Hall–Kier alpha value is -3.38. The first kappa shape index (κ1) is 19.4. The second kappa shape index (κ2) is 8.54. The van der Waals surface area contributed by atoms with E-state index in [1.165, 1.54) is 20.2 Å². The maximum atomic E-state index is 12.5. The summed E-state index contributed by atoms with van der Waals surface area (Å²) in [6.45, 7) is 1.51. The van der Waals surface area contributed by atoms with Crippen molar-refractivity contribution in [3.05, 3.63) is 77.1 Å². The van der Waals surface area contributed by atoms with Gasteiger partial charge in [0.25, 0.3) is 5.91 Å². The number of methoxy groups -OCH3 is 1. The van der Waals surface area contributed by atoms with Crippen LogP contribution in [0.15, 0.2) is 60.9 Å². The van der Waals surface area contributed by atoms with Crippen LogP contribution in [0, 0.1) is 0 Å². The number of carbonyl (C=O) groups excluding carboxylic acids is 2. The number of ketones is 1. The molecule has 0 radical (unpaired) electrons. The second-order valence-corrected chi connectivity index (χ2v) is 6.43. The largest absolute Gasteiger partial charge is 0.495 e. The summed E-state index contributed by atoms with van der Waals surface area (Å²) < 4.78 is 5.10. The second-order valence-electron chi connectivity index (χ2n) is 6.03. The first-order chi connectivity index (χ1) is 13.5. The number of hydrogen-bond donors (Lipinski definition) is 2. The maximum Gasteiger partial charge on any atom is 0.257 e. The number of nitrogens with one attached hydrogen (secondary N) is 2. The van der Waals surface area contributed by atoms with Gasteiger partial charge in [0.15, 0.2) is 5.78 Å². The normalized spacial score (nSPS) is 10.2. The molecule has 28 heavy (non-hydrogen) atoms. The van der Waals surface area contributed by atoms with Crippen LogP contribution in [-0.2, 0) is 0 Å². The molecule has 1 aromatic heterocycles. The molecule has 2 aromatic carbocycles. The first-order valence-corrected chi connectivity index (χ1v) is 8.82. The molecule has 0 saturated heterocycles. The van der Waals surface area contributed by atoms with Gasteiger partial charge in [-0.2, -0.15) is 0 Å². The molecule has 7 heteroatoms. The number of amides is 1. The van der Waals surface area contributed by atoms with Crippen LogP contribution in [0.2, 0.25) is 5.02 Å². The van der Waals surface area contributed by atoms with E-state index in [2.05, 4.69) is 15.6 Å². The van der Waals surface area contributed by atoms with Crippen LogP contribution in [0.25, 0.3) is 0 Å². The number of ether oxygens (including phenoxy) is 1. The molecule has 2 N–H and O–H groups in total. The molecule has 142 valence electrons. The summed E-state index contributed by atoms with van der Waals surface area (Å²) >= 11 is 6.09. The quantitative estimate of drug-likeness (QED) is 0.577. The van der Waals surface area contributed by atoms with Crippen LogP contribution in [-0.4, -0.2) is 23.8 Å². The Morgan fingerprint density at radius 3 is 2.46 bits per heavy atom. The summed E-state index contributed by atoms with van der Waals surface area (Å²) in [5.74, 6) is 0.184. The third kappa shape index (κ3) is 4.66. The standard InChI is InChI=1S/C21H18ClN3O3/c1-13(26)14-4-3-5-16(8-14)24-18-9-15(11-23-12-18)21(27)25-17-6-7-20(28-2)19(22)10-17/h3-12,24H,1-2H3,(H,25,27). The van der Waals surface area contributed by atoms with Gasteiger partial charge in [-0.3, -0.25) is 14.6 Å². The molecule has 0 aliphatic rings. The van der Waals surface area contributed by atoms with Gasteiger partial charge in [0.1, 0.15) is 5.75 Å². The Morgan fingerprint density at radius 2 is 1.75 bits per heavy atom. The predicted octanol–water partition coefficient (Wildman–Crippen LogP) is 4.94. The molecule has 1 amide bonds. The molecule has 0 unspecified atom stereocenters. The van der Waals surface area contributed by atoms with Crippen molar-refractivity contribution >= 4 is 40.4 Å². The van der Waals surface area contributed by atoms with E-state index in [-0.39, 0.29) is 11.7 Å². The predicted molar refractivity (Wildman–Crippen MR) is 110 cm³/mol. The molecule has 0 spiro atoms. The zero-order chi connectivity index (χ0) is 20.1. The van der Waals surface area contributed by atoms with Crippen LogP contribution in [0.4, 0.5) is 17.1 Å². The number of hydrogen-bond acceptors (Lipinski definition) is 5. The fourth-order valence-electron chi connectivity index (χ4n) is 2.56. The van der Waals surface area contributed by atoms with Crippen molar-refractivity contribution in [1.82, 2.24) is 4.98 Å². The fourth-order valence-corrected chi connectivity index (χ4v) is 2.82. The average molecular weight is 396 g/mol. The number of nitrogens with zero attached hydrogens (tertiary/aromatic N) is 1.